The summed E-state index contributed by atoms with van der Waals surface area (Å²) < 4.78 is 50.9. The Kier molecular flexibility index (Phi) is 7.67. The molecule has 4 heterocycles. The van der Waals surface area contributed by atoms with Crippen LogP contribution < -0.4 is 5.32 Å². The summed E-state index contributed by atoms with van der Waals surface area (Å²) in [6.45, 7) is 8.47. The maximum Gasteiger partial charge on any atom is 0.416 e. The Morgan fingerprint density at radius 3 is 2.42 bits per heavy atom. The molecule has 0 bridgehead atoms. The fourth-order valence-corrected chi connectivity index (χ4v) is 6.94. The number of amides is 2. The van der Waals surface area contributed by atoms with Crippen molar-refractivity contribution in [3.63, 3.8) is 0 Å². The van der Waals surface area contributed by atoms with Crippen LogP contribution in [0.4, 0.5) is 29.6 Å². The number of nitrogens with zero attached hydrogens (tertiary/aromatic N) is 7. The standard InChI is InChI=1S/C34H39F3N8O3/c1-21-18-43(20-39-21)26-15-23(34(35,36)37)14-24(16-26)40-30-38-17-22-13-27(45(28(22)41-30)25-7-5-6-8-25)29(46)42-11-12-44(33(19-42)9-10-33)31(47)48-32(2,3)4/h13-18,20,25H,5-12,19H2,1-4H3,(H,38,40,41). The van der Waals surface area contributed by atoms with Gasteiger partial charge in [0.2, 0.25) is 5.95 Å². The Bertz CT molecular complexity index is 1880. The third-order valence-corrected chi connectivity index (χ3v) is 9.38. The zero-order valence-electron chi connectivity index (χ0n) is 27.5. The molecule has 2 aliphatic carbocycles. The van der Waals surface area contributed by atoms with Crippen molar-refractivity contribution < 1.29 is 27.5 Å². The van der Waals surface area contributed by atoms with Crippen LogP contribution in [0.5, 0.6) is 0 Å². The van der Waals surface area contributed by atoms with Gasteiger partial charge in [-0.25, -0.2) is 14.8 Å². The highest BCUT2D eigenvalue weighted by atomic mass is 19.4. The number of nitrogens with one attached hydrogen (secondary N) is 1. The molecule has 2 saturated carbocycles. The molecule has 3 fully saturated rings. The number of alkyl halides is 3. The van der Waals surface area contributed by atoms with Crippen LogP contribution >= 0.6 is 0 Å². The average Bonchev–Trinajstić information content (AvgIpc) is 3.38. The van der Waals surface area contributed by atoms with E-state index in [1.807, 2.05) is 36.3 Å². The minimum absolute atomic E-state index is 0.0479. The van der Waals surface area contributed by atoms with Gasteiger partial charge in [-0.05, 0) is 77.6 Å². The first-order valence-corrected chi connectivity index (χ1v) is 16.4. The molecular formula is C34H39F3N8O3. The van der Waals surface area contributed by atoms with E-state index in [-0.39, 0.29) is 35.4 Å². The maximum absolute atomic E-state index is 14.2. The van der Waals surface area contributed by atoms with E-state index >= 15 is 0 Å². The minimum Gasteiger partial charge on any atom is -0.444 e. The zero-order chi connectivity index (χ0) is 34.0. The number of carbonyl (C=O) groups excluding carboxylic acids is 2. The predicted molar refractivity (Wildman–Crippen MR) is 172 cm³/mol. The molecule has 0 atom stereocenters. The van der Waals surface area contributed by atoms with Crippen LogP contribution in [-0.2, 0) is 10.9 Å². The summed E-state index contributed by atoms with van der Waals surface area (Å²) in [6.07, 6.45) is 5.21. The number of halogens is 3. The van der Waals surface area contributed by atoms with Gasteiger partial charge in [-0.3, -0.25) is 9.69 Å². The van der Waals surface area contributed by atoms with Crippen LogP contribution in [0.2, 0.25) is 0 Å². The van der Waals surface area contributed by atoms with Gasteiger partial charge in [0.25, 0.3) is 5.91 Å². The molecule has 14 heteroatoms. The first-order chi connectivity index (χ1) is 22.7. The van der Waals surface area contributed by atoms with Gasteiger partial charge in [0.05, 0.1) is 23.1 Å². The Hall–Kier alpha value is -4.62. The van der Waals surface area contributed by atoms with E-state index < -0.39 is 22.9 Å². The lowest BCUT2D eigenvalue weighted by Crippen LogP contribution is -2.59. The number of aryl methyl sites for hydroxylation is 1. The number of hydrogen-bond donors (Lipinski definition) is 1. The third-order valence-electron chi connectivity index (χ3n) is 9.38. The maximum atomic E-state index is 14.2. The second-order valence-corrected chi connectivity index (χ2v) is 14.2. The van der Waals surface area contributed by atoms with Crippen LogP contribution in [0.15, 0.2) is 43.0 Å². The van der Waals surface area contributed by atoms with Gasteiger partial charge in [-0.2, -0.15) is 18.2 Å². The third kappa shape index (κ3) is 6.19. The Labute approximate surface area is 276 Å². The molecule has 1 aliphatic heterocycles. The molecule has 1 aromatic carbocycles. The highest BCUT2D eigenvalue weighted by molar-refractivity contribution is 5.98. The number of imidazole rings is 1. The molecule has 0 unspecified atom stereocenters. The van der Waals surface area contributed by atoms with Gasteiger partial charge in [0, 0.05) is 54.8 Å². The summed E-state index contributed by atoms with van der Waals surface area (Å²) in [4.78, 5) is 44.2. The van der Waals surface area contributed by atoms with Crippen molar-refractivity contribution in [3.8, 4) is 5.69 Å². The molecule has 1 spiro atoms. The summed E-state index contributed by atoms with van der Waals surface area (Å²) in [5.74, 6) is -0.0171. The normalized spacial score (nSPS) is 18.1. The number of carbonyl (C=O) groups is 2. The molecule has 3 aliphatic rings. The van der Waals surface area contributed by atoms with E-state index in [1.165, 1.54) is 10.9 Å². The number of fused-ring (bicyclic) bond motifs is 1. The summed E-state index contributed by atoms with van der Waals surface area (Å²) in [6, 6.07) is 5.53. The second kappa shape index (κ2) is 11.5. The van der Waals surface area contributed by atoms with Crippen molar-refractivity contribution in [2.75, 3.05) is 25.0 Å². The van der Waals surface area contributed by atoms with Crippen LogP contribution in [-0.4, -0.2) is 76.7 Å². The number of aromatic nitrogens is 5. The van der Waals surface area contributed by atoms with Crippen LogP contribution in [0, 0.1) is 6.92 Å². The van der Waals surface area contributed by atoms with Crippen molar-refractivity contribution >= 4 is 34.7 Å². The number of rotatable bonds is 5. The lowest BCUT2D eigenvalue weighted by molar-refractivity contribution is -0.137. The molecule has 7 rings (SSSR count). The van der Waals surface area contributed by atoms with Gasteiger partial charge in [0.15, 0.2) is 0 Å². The zero-order valence-corrected chi connectivity index (χ0v) is 27.5. The van der Waals surface area contributed by atoms with Gasteiger partial charge >= 0.3 is 12.3 Å². The molecule has 1 N–H and O–H groups in total. The summed E-state index contributed by atoms with van der Waals surface area (Å²) in [5, 5.41) is 3.65. The Balaban J connectivity index is 1.20. The molecule has 2 amide bonds. The Morgan fingerprint density at radius 2 is 1.77 bits per heavy atom. The highest BCUT2D eigenvalue weighted by Crippen LogP contribution is 2.45. The van der Waals surface area contributed by atoms with Gasteiger partial charge in [0.1, 0.15) is 16.9 Å². The average molecular weight is 665 g/mol. The SMILES string of the molecule is Cc1cn(-c2cc(Nc3ncc4cc(C(=O)N5CCN(C(=O)OC(C)(C)C)C6(CC6)C5)n(C5CCCC5)c4n3)cc(C(F)(F)F)c2)cn1. The predicted octanol–water partition coefficient (Wildman–Crippen LogP) is 7.03. The summed E-state index contributed by atoms with van der Waals surface area (Å²) in [5.41, 5.74) is 0.324. The first-order valence-electron chi connectivity index (χ1n) is 16.4. The van der Waals surface area contributed by atoms with Gasteiger partial charge in [-0.15, -0.1) is 0 Å². The van der Waals surface area contributed by atoms with Crippen molar-refractivity contribution in [1.82, 2.24) is 33.9 Å². The summed E-state index contributed by atoms with van der Waals surface area (Å²) in [7, 11) is 0. The lowest BCUT2D eigenvalue weighted by atomic mass is 10.1. The summed E-state index contributed by atoms with van der Waals surface area (Å²) >= 11 is 0. The van der Waals surface area contributed by atoms with E-state index in [1.54, 1.807) is 30.3 Å². The van der Waals surface area contributed by atoms with Crippen molar-refractivity contribution in [1.29, 1.82) is 0 Å². The molecular weight excluding hydrogens is 625 g/mol. The number of anilines is 2. The van der Waals surface area contributed by atoms with Crippen molar-refractivity contribution in [2.45, 2.75) is 89.6 Å². The number of benzene rings is 1. The Morgan fingerprint density at radius 1 is 1.02 bits per heavy atom. The topological polar surface area (TPSA) is 110 Å². The minimum atomic E-state index is -4.57. The number of hydrogen-bond acceptors (Lipinski definition) is 7. The number of ether oxygens (including phenoxy) is 1. The van der Waals surface area contributed by atoms with E-state index in [0.717, 1.165) is 50.7 Å². The monoisotopic (exact) mass is 664 g/mol. The van der Waals surface area contributed by atoms with E-state index in [4.69, 9.17) is 9.72 Å². The molecule has 3 aromatic heterocycles. The fraction of sp³-hybridized carbons (Fsp3) is 0.500. The van der Waals surface area contributed by atoms with Gasteiger partial charge in [-0.1, -0.05) is 12.8 Å². The van der Waals surface area contributed by atoms with Crippen LogP contribution in [0.3, 0.4) is 0 Å². The second-order valence-electron chi connectivity index (χ2n) is 14.2. The lowest BCUT2D eigenvalue weighted by Gasteiger charge is -2.42. The van der Waals surface area contributed by atoms with Crippen molar-refractivity contribution in [3.05, 3.63) is 59.9 Å². The van der Waals surface area contributed by atoms with Crippen molar-refractivity contribution in [2.24, 2.45) is 0 Å². The van der Waals surface area contributed by atoms with Crippen LogP contribution in [0.25, 0.3) is 16.7 Å². The quantitative estimate of drug-likeness (QED) is 0.244. The molecule has 1 saturated heterocycles. The van der Waals surface area contributed by atoms with E-state index in [0.29, 0.717) is 42.1 Å². The molecule has 4 aromatic rings. The molecule has 48 heavy (non-hydrogen) atoms. The highest BCUT2D eigenvalue weighted by Gasteiger charge is 2.55. The fourth-order valence-electron chi connectivity index (χ4n) is 6.94. The largest absolute Gasteiger partial charge is 0.444 e. The smallest absolute Gasteiger partial charge is 0.416 e. The van der Waals surface area contributed by atoms with Gasteiger partial charge < -0.3 is 24.1 Å². The van der Waals surface area contributed by atoms with E-state index in [2.05, 4.69) is 15.3 Å². The molecule has 0 radical (unpaired) electrons. The first kappa shape index (κ1) is 32.0. The van der Waals surface area contributed by atoms with E-state index in [9.17, 15) is 22.8 Å². The molecule has 11 nitrogen and oxygen atoms in total. The molecule has 254 valence electrons. The van der Waals surface area contributed by atoms with Crippen LogP contribution in [0.1, 0.15) is 87.1 Å². The number of piperazine rings is 1.